The van der Waals surface area contributed by atoms with E-state index in [0.717, 1.165) is 24.2 Å². The van der Waals surface area contributed by atoms with Crippen molar-refractivity contribution in [3.63, 3.8) is 0 Å². The van der Waals surface area contributed by atoms with Crippen LogP contribution in [0.25, 0.3) is 5.65 Å². The summed E-state index contributed by atoms with van der Waals surface area (Å²) in [6, 6.07) is 5.96. The van der Waals surface area contributed by atoms with E-state index in [1.54, 1.807) is 0 Å². The van der Waals surface area contributed by atoms with Crippen LogP contribution in [0.5, 0.6) is 0 Å². The quantitative estimate of drug-likeness (QED) is 0.883. The lowest BCUT2D eigenvalue weighted by atomic mass is 9.86. The minimum absolute atomic E-state index is 0.0564. The molecule has 1 N–H and O–H groups in total. The minimum atomic E-state index is -0.285. The van der Waals surface area contributed by atoms with Crippen molar-refractivity contribution in [3.05, 3.63) is 36.3 Å². The standard InChI is InChI=1S/C14H20N2O/c1-14(2,3)12(17)8-7-11-10-16-9-5-4-6-13(16)15-11/h4-6,9-10,12,17H,7-8H2,1-3H3. The van der Waals surface area contributed by atoms with E-state index in [2.05, 4.69) is 25.8 Å². The number of fused-ring (bicyclic) bond motifs is 1. The fraction of sp³-hybridized carbons (Fsp3) is 0.500. The van der Waals surface area contributed by atoms with Gasteiger partial charge in [0.2, 0.25) is 0 Å². The molecule has 2 heterocycles. The molecule has 3 heteroatoms. The number of pyridine rings is 1. The van der Waals surface area contributed by atoms with Crippen LogP contribution in [-0.4, -0.2) is 20.6 Å². The highest BCUT2D eigenvalue weighted by atomic mass is 16.3. The topological polar surface area (TPSA) is 37.5 Å². The van der Waals surface area contributed by atoms with Gasteiger partial charge >= 0.3 is 0 Å². The lowest BCUT2D eigenvalue weighted by molar-refractivity contribution is 0.0558. The molecular formula is C14H20N2O. The van der Waals surface area contributed by atoms with E-state index in [1.165, 1.54) is 0 Å². The predicted octanol–water partition coefficient (Wildman–Crippen LogP) is 2.67. The predicted molar refractivity (Wildman–Crippen MR) is 69.0 cm³/mol. The maximum atomic E-state index is 9.99. The van der Waals surface area contributed by atoms with Crippen LogP contribution in [0, 0.1) is 5.41 Å². The molecule has 1 unspecified atom stereocenters. The second kappa shape index (κ2) is 4.49. The Kier molecular flexibility index (Phi) is 3.20. The Balaban J connectivity index is 2.04. The van der Waals surface area contributed by atoms with Gasteiger partial charge in [-0.1, -0.05) is 26.8 Å². The highest BCUT2D eigenvalue weighted by Crippen LogP contribution is 2.22. The smallest absolute Gasteiger partial charge is 0.136 e. The Hall–Kier alpha value is -1.35. The molecule has 0 aliphatic carbocycles. The molecule has 0 radical (unpaired) electrons. The molecule has 2 aromatic heterocycles. The van der Waals surface area contributed by atoms with Gasteiger partial charge in [0.25, 0.3) is 0 Å². The molecule has 0 bridgehead atoms. The second-order valence-electron chi connectivity index (χ2n) is 5.62. The van der Waals surface area contributed by atoms with Crippen molar-refractivity contribution < 1.29 is 5.11 Å². The summed E-state index contributed by atoms with van der Waals surface area (Å²) in [4.78, 5) is 4.52. The first-order chi connectivity index (χ1) is 7.97. The van der Waals surface area contributed by atoms with Crippen molar-refractivity contribution in [3.8, 4) is 0 Å². The van der Waals surface area contributed by atoms with E-state index < -0.39 is 0 Å². The first kappa shape index (κ1) is 12.1. The highest BCUT2D eigenvalue weighted by molar-refractivity contribution is 5.39. The fourth-order valence-corrected chi connectivity index (χ4v) is 1.83. The molecule has 17 heavy (non-hydrogen) atoms. The zero-order valence-corrected chi connectivity index (χ0v) is 10.7. The average molecular weight is 232 g/mol. The van der Waals surface area contributed by atoms with Gasteiger partial charge in [-0.15, -0.1) is 0 Å². The van der Waals surface area contributed by atoms with E-state index in [9.17, 15) is 5.11 Å². The molecule has 2 rings (SSSR count). The van der Waals surface area contributed by atoms with Gasteiger partial charge in [-0.3, -0.25) is 0 Å². The Labute approximate surface area is 102 Å². The van der Waals surface area contributed by atoms with Crippen molar-refractivity contribution in [2.75, 3.05) is 0 Å². The Morgan fingerprint density at radius 3 is 2.76 bits per heavy atom. The Morgan fingerprint density at radius 2 is 2.12 bits per heavy atom. The summed E-state index contributed by atoms with van der Waals surface area (Å²) < 4.78 is 2.01. The Morgan fingerprint density at radius 1 is 1.35 bits per heavy atom. The van der Waals surface area contributed by atoms with Crippen LogP contribution in [0.15, 0.2) is 30.6 Å². The number of hydrogen-bond donors (Lipinski definition) is 1. The van der Waals surface area contributed by atoms with Gasteiger partial charge in [0.1, 0.15) is 5.65 Å². The number of aromatic nitrogens is 2. The van der Waals surface area contributed by atoms with Gasteiger partial charge in [-0.2, -0.15) is 0 Å². The van der Waals surface area contributed by atoms with Crippen molar-refractivity contribution >= 4 is 5.65 Å². The lowest BCUT2D eigenvalue weighted by Crippen LogP contribution is -2.26. The van der Waals surface area contributed by atoms with Crippen LogP contribution < -0.4 is 0 Å². The maximum Gasteiger partial charge on any atom is 0.136 e. The van der Waals surface area contributed by atoms with Gasteiger partial charge in [0.05, 0.1) is 11.8 Å². The number of hydrogen-bond acceptors (Lipinski definition) is 2. The van der Waals surface area contributed by atoms with Crippen LogP contribution in [0.2, 0.25) is 0 Å². The summed E-state index contributed by atoms with van der Waals surface area (Å²) in [5.41, 5.74) is 1.95. The fourth-order valence-electron chi connectivity index (χ4n) is 1.83. The third kappa shape index (κ3) is 2.86. The molecule has 0 fully saturated rings. The van der Waals surface area contributed by atoms with Gasteiger partial charge in [-0.05, 0) is 30.4 Å². The molecule has 3 nitrogen and oxygen atoms in total. The molecule has 0 aromatic carbocycles. The maximum absolute atomic E-state index is 9.99. The summed E-state index contributed by atoms with van der Waals surface area (Å²) in [6.45, 7) is 6.17. The molecule has 0 saturated heterocycles. The van der Waals surface area contributed by atoms with Crippen LogP contribution in [0.3, 0.4) is 0 Å². The summed E-state index contributed by atoms with van der Waals surface area (Å²) in [5.74, 6) is 0. The van der Waals surface area contributed by atoms with Crippen molar-refractivity contribution in [2.45, 2.75) is 39.7 Å². The Bertz CT molecular complexity index is 463. The number of nitrogens with zero attached hydrogens (tertiary/aromatic N) is 2. The molecule has 2 aromatic rings. The second-order valence-corrected chi connectivity index (χ2v) is 5.62. The van der Waals surface area contributed by atoms with Crippen LogP contribution in [0.1, 0.15) is 32.9 Å². The summed E-state index contributed by atoms with van der Waals surface area (Å²) in [5, 5.41) is 9.99. The molecule has 0 amide bonds. The minimum Gasteiger partial charge on any atom is -0.393 e. The summed E-state index contributed by atoms with van der Waals surface area (Å²) in [6.07, 6.45) is 5.32. The van der Waals surface area contributed by atoms with Crippen molar-refractivity contribution in [1.82, 2.24) is 9.38 Å². The number of rotatable bonds is 3. The van der Waals surface area contributed by atoms with Crippen molar-refractivity contribution in [2.24, 2.45) is 5.41 Å². The number of aliphatic hydroxyl groups excluding tert-OH is 1. The van der Waals surface area contributed by atoms with Crippen molar-refractivity contribution in [1.29, 1.82) is 0 Å². The van der Waals surface area contributed by atoms with Gasteiger partial charge in [0.15, 0.2) is 0 Å². The van der Waals surface area contributed by atoms with E-state index in [1.807, 2.05) is 35.0 Å². The number of aliphatic hydroxyl groups is 1. The van der Waals surface area contributed by atoms with E-state index in [4.69, 9.17) is 0 Å². The van der Waals surface area contributed by atoms with Gasteiger partial charge in [-0.25, -0.2) is 4.98 Å². The van der Waals surface area contributed by atoms with Crippen LogP contribution >= 0.6 is 0 Å². The molecule has 0 aliphatic rings. The molecule has 0 saturated carbocycles. The average Bonchev–Trinajstić information content (AvgIpc) is 2.66. The highest BCUT2D eigenvalue weighted by Gasteiger charge is 2.21. The first-order valence-corrected chi connectivity index (χ1v) is 6.07. The molecular weight excluding hydrogens is 212 g/mol. The summed E-state index contributed by atoms with van der Waals surface area (Å²) >= 11 is 0. The SMILES string of the molecule is CC(C)(C)C(O)CCc1cn2ccccc2n1. The monoisotopic (exact) mass is 232 g/mol. The zero-order valence-electron chi connectivity index (χ0n) is 10.7. The van der Waals surface area contributed by atoms with E-state index >= 15 is 0 Å². The third-order valence-corrected chi connectivity index (χ3v) is 3.09. The van der Waals surface area contributed by atoms with E-state index in [0.29, 0.717) is 0 Å². The normalized spacial score (nSPS) is 14.1. The molecule has 0 aliphatic heterocycles. The molecule has 92 valence electrons. The van der Waals surface area contributed by atoms with Crippen LogP contribution in [0.4, 0.5) is 0 Å². The van der Waals surface area contributed by atoms with Gasteiger partial charge < -0.3 is 9.51 Å². The summed E-state index contributed by atoms with van der Waals surface area (Å²) in [7, 11) is 0. The first-order valence-electron chi connectivity index (χ1n) is 6.07. The number of aryl methyl sites for hydroxylation is 1. The molecule has 1 atom stereocenters. The largest absolute Gasteiger partial charge is 0.393 e. The zero-order chi connectivity index (χ0) is 12.5. The van der Waals surface area contributed by atoms with Crippen LogP contribution in [-0.2, 0) is 6.42 Å². The van der Waals surface area contributed by atoms with Gasteiger partial charge in [0, 0.05) is 12.4 Å². The lowest BCUT2D eigenvalue weighted by Gasteiger charge is -2.25. The third-order valence-electron chi connectivity index (χ3n) is 3.09. The van der Waals surface area contributed by atoms with E-state index in [-0.39, 0.29) is 11.5 Å². The molecule has 0 spiro atoms. The number of imidazole rings is 1.